The zero-order valence-electron chi connectivity index (χ0n) is 22.1. The highest BCUT2D eigenvalue weighted by Gasteiger charge is 2.16. The van der Waals surface area contributed by atoms with Crippen molar-refractivity contribution in [1.29, 1.82) is 0 Å². The van der Waals surface area contributed by atoms with Gasteiger partial charge >= 0.3 is 11.9 Å². The van der Waals surface area contributed by atoms with Gasteiger partial charge in [-0.3, -0.25) is 9.59 Å². The van der Waals surface area contributed by atoms with E-state index in [0.717, 1.165) is 38.5 Å². The maximum absolute atomic E-state index is 12.1. The van der Waals surface area contributed by atoms with E-state index in [1.165, 1.54) is 77.0 Å². The lowest BCUT2D eigenvalue weighted by molar-refractivity contribution is -0.158. The van der Waals surface area contributed by atoms with Crippen LogP contribution in [0.5, 0.6) is 0 Å². The van der Waals surface area contributed by atoms with Crippen molar-refractivity contribution in [3.8, 4) is 0 Å². The Morgan fingerprint density at radius 2 is 1.09 bits per heavy atom. The molecule has 0 amide bonds. The highest BCUT2D eigenvalue weighted by atomic mass is 16.6. The molecule has 0 rings (SSSR count). The quantitative estimate of drug-likeness (QED) is 0.0428. The van der Waals surface area contributed by atoms with E-state index < -0.39 is 6.10 Å². The summed E-state index contributed by atoms with van der Waals surface area (Å²) in [7, 11) is 0. The smallest absolute Gasteiger partial charge is 0.306 e. The van der Waals surface area contributed by atoms with Gasteiger partial charge in [-0.05, 0) is 18.4 Å². The van der Waals surface area contributed by atoms with E-state index in [1.54, 1.807) is 0 Å². The summed E-state index contributed by atoms with van der Waals surface area (Å²) in [5, 5.41) is 3.49. The molecule has 0 aliphatic heterocycles. The van der Waals surface area contributed by atoms with E-state index in [9.17, 15) is 9.59 Å². The Morgan fingerprint density at radius 3 is 1.53 bits per heavy atom. The predicted molar refractivity (Wildman–Crippen MR) is 139 cm³/mol. The number of hydrogen-bond acceptors (Lipinski definition) is 5. The van der Waals surface area contributed by atoms with E-state index in [-0.39, 0.29) is 25.1 Å². The normalized spacial score (nSPS) is 11.6. The minimum atomic E-state index is -0.714. The molecule has 0 aliphatic carbocycles. The van der Waals surface area contributed by atoms with Crippen molar-refractivity contribution in [2.24, 2.45) is 5.11 Å². The summed E-state index contributed by atoms with van der Waals surface area (Å²) in [4.78, 5) is 26.9. The van der Waals surface area contributed by atoms with Gasteiger partial charge in [0.2, 0.25) is 0 Å². The Morgan fingerprint density at radius 1 is 0.676 bits per heavy atom. The highest BCUT2D eigenvalue weighted by Crippen LogP contribution is 2.12. The van der Waals surface area contributed by atoms with Gasteiger partial charge in [-0.2, -0.15) is 0 Å². The van der Waals surface area contributed by atoms with Crippen molar-refractivity contribution in [2.45, 2.75) is 148 Å². The molecule has 34 heavy (non-hydrogen) atoms. The molecule has 0 fully saturated rings. The molecule has 0 saturated carbocycles. The molecule has 0 heterocycles. The van der Waals surface area contributed by atoms with E-state index in [4.69, 9.17) is 15.0 Å². The van der Waals surface area contributed by atoms with Gasteiger partial charge in [-0.15, -0.1) is 0 Å². The third-order valence-corrected chi connectivity index (χ3v) is 6.05. The fourth-order valence-electron chi connectivity index (χ4n) is 3.91. The Kier molecular flexibility index (Phi) is 24.5. The number of carbonyl (C=O) groups excluding carboxylic acids is 2. The van der Waals surface area contributed by atoms with Gasteiger partial charge in [0.25, 0.3) is 0 Å². The molecule has 0 saturated heterocycles. The molecule has 0 aromatic carbocycles. The zero-order chi connectivity index (χ0) is 25.1. The van der Waals surface area contributed by atoms with Crippen LogP contribution in [0.2, 0.25) is 0 Å². The number of ether oxygens (including phenoxy) is 2. The molecule has 7 nitrogen and oxygen atoms in total. The van der Waals surface area contributed by atoms with Gasteiger partial charge in [0.15, 0.2) is 0 Å². The summed E-state index contributed by atoms with van der Waals surface area (Å²) in [6, 6.07) is 0. The molecule has 0 N–H and O–H groups in total. The van der Waals surface area contributed by atoms with Crippen LogP contribution in [0.3, 0.4) is 0 Å². The van der Waals surface area contributed by atoms with Gasteiger partial charge in [0, 0.05) is 17.8 Å². The van der Waals surface area contributed by atoms with Gasteiger partial charge < -0.3 is 9.47 Å². The van der Waals surface area contributed by atoms with Crippen molar-refractivity contribution in [1.82, 2.24) is 0 Å². The minimum Gasteiger partial charge on any atom is -0.462 e. The van der Waals surface area contributed by atoms with Crippen LogP contribution >= 0.6 is 0 Å². The third kappa shape index (κ3) is 23.4. The lowest BCUT2D eigenvalue weighted by atomic mass is 10.1. The molecular formula is C27H51N3O4. The van der Waals surface area contributed by atoms with Crippen LogP contribution < -0.4 is 0 Å². The number of nitrogens with zero attached hydrogens (tertiary/aromatic N) is 3. The largest absolute Gasteiger partial charge is 0.462 e. The Balaban J connectivity index is 3.88. The SMILES string of the molecule is CCCCCCCCCCCC(=O)OCC(CN=[N+]=[N-])OC(=O)CCCCCCCCCCC. The van der Waals surface area contributed by atoms with Crippen molar-refractivity contribution < 1.29 is 19.1 Å². The molecular weight excluding hydrogens is 430 g/mol. The molecule has 0 aromatic heterocycles. The maximum Gasteiger partial charge on any atom is 0.306 e. The summed E-state index contributed by atoms with van der Waals surface area (Å²) < 4.78 is 10.7. The first-order chi connectivity index (χ1) is 16.6. The first-order valence-corrected chi connectivity index (χ1v) is 14.0. The molecule has 7 heteroatoms. The van der Waals surface area contributed by atoms with Crippen LogP contribution in [0.4, 0.5) is 0 Å². The average Bonchev–Trinajstić information content (AvgIpc) is 2.83. The highest BCUT2D eigenvalue weighted by molar-refractivity contribution is 5.70. The molecule has 0 bridgehead atoms. The van der Waals surface area contributed by atoms with Gasteiger partial charge in [-0.1, -0.05) is 122 Å². The second kappa shape index (κ2) is 25.9. The average molecular weight is 482 g/mol. The van der Waals surface area contributed by atoms with E-state index in [0.29, 0.717) is 12.8 Å². The number of carbonyl (C=O) groups is 2. The van der Waals surface area contributed by atoms with Crippen LogP contribution in [0.1, 0.15) is 142 Å². The van der Waals surface area contributed by atoms with Crippen LogP contribution in [-0.2, 0) is 19.1 Å². The first-order valence-electron chi connectivity index (χ1n) is 14.0. The number of unbranched alkanes of at least 4 members (excludes halogenated alkanes) is 16. The van der Waals surface area contributed by atoms with Crippen LogP contribution in [0, 0.1) is 0 Å². The fraction of sp³-hybridized carbons (Fsp3) is 0.926. The van der Waals surface area contributed by atoms with E-state index in [1.807, 2.05) is 0 Å². The van der Waals surface area contributed by atoms with Crippen molar-refractivity contribution in [3.63, 3.8) is 0 Å². The van der Waals surface area contributed by atoms with Gasteiger partial charge in [0.1, 0.15) is 12.7 Å². The van der Waals surface area contributed by atoms with Crippen molar-refractivity contribution in [3.05, 3.63) is 10.4 Å². The maximum atomic E-state index is 12.1. The fourth-order valence-corrected chi connectivity index (χ4v) is 3.91. The van der Waals surface area contributed by atoms with Crippen LogP contribution in [0.15, 0.2) is 5.11 Å². The summed E-state index contributed by atoms with van der Waals surface area (Å²) >= 11 is 0. The third-order valence-electron chi connectivity index (χ3n) is 6.05. The monoisotopic (exact) mass is 481 g/mol. The molecule has 1 unspecified atom stereocenters. The number of azide groups is 1. The predicted octanol–water partition coefficient (Wildman–Crippen LogP) is 8.59. The van der Waals surface area contributed by atoms with Gasteiger partial charge in [-0.25, -0.2) is 0 Å². The second-order valence-electron chi connectivity index (χ2n) is 9.37. The zero-order valence-corrected chi connectivity index (χ0v) is 22.1. The lowest BCUT2D eigenvalue weighted by Crippen LogP contribution is -2.27. The minimum absolute atomic E-state index is 0.0225. The van der Waals surface area contributed by atoms with E-state index >= 15 is 0 Å². The second-order valence-corrected chi connectivity index (χ2v) is 9.37. The molecule has 0 radical (unpaired) electrons. The topological polar surface area (TPSA) is 101 Å². The molecule has 198 valence electrons. The summed E-state index contributed by atoms with van der Waals surface area (Å²) in [6.45, 7) is 4.36. The van der Waals surface area contributed by atoms with Crippen LogP contribution in [-0.4, -0.2) is 31.2 Å². The molecule has 0 aromatic rings. The number of hydrogen-bond donors (Lipinski definition) is 0. The Bertz CT molecular complexity index is 536. The first kappa shape index (κ1) is 32.2. The Hall–Kier alpha value is -1.75. The number of esters is 2. The van der Waals surface area contributed by atoms with Crippen molar-refractivity contribution >= 4 is 11.9 Å². The van der Waals surface area contributed by atoms with Crippen LogP contribution in [0.25, 0.3) is 10.4 Å². The lowest BCUT2D eigenvalue weighted by Gasteiger charge is -2.16. The van der Waals surface area contributed by atoms with E-state index in [2.05, 4.69) is 23.9 Å². The standard InChI is InChI=1S/C27H51N3O4/c1-3-5-7-9-11-13-15-17-19-21-26(31)33-24-25(23-29-30-28)34-27(32)22-20-18-16-14-12-10-8-6-4-2/h25H,3-24H2,1-2H3. The van der Waals surface area contributed by atoms with Gasteiger partial charge in [0.05, 0.1) is 6.54 Å². The van der Waals surface area contributed by atoms with Crippen molar-refractivity contribution in [2.75, 3.05) is 13.2 Å². The molecule has 0 spiro atoms. The number of rotatable bonds is 25. The summed E-state index contributed by atoms with van der Waals surface area (Å²) in [6.07, 6.45) is 21.3. The molecule has 0 aliphatic rings. The molecule has 1 atom stereocenters. The summed E-state index contributed by atoms with van der Waals surface area (Å²) in [5.74, 6) is -0.611. The Labute approximate surface area is 208 Å². The summed E-state index contributed by atoms with van der Waals surface area (Å²) in [5.41, 5.74) is 8.58.